The number of ether oxygens (including phenoxy) is 1. The first kappa shape index (κ1) is 15.1. The van der Waals surface area contributed by atoms with Crippen molar-refractivity contribution in [3.05, 3.63) is 60.8 Å². The second-order valence-electron chi connectivity index (χ2n) is 5.67. The number of nitrogens with zero attached hydrogens (tertiary/aromatic N) is 2. The molecule has 0 bridgehead atoms. The summed E-state index contributed by atoms with van der Waals surface area (Å²) in [5.74, 6) is 0.286. The number of nitrogens with one attached hydrogen (secondary N) is 1. The van der Waals surface area contributed by atoms with E-state index < -0.39 is 0 Å². The Hall–Kier alpha value is -3.41. The Bertz CT molecular complexity index is 966. The zero-order valence-corrected chi connectivity index (χ0v) is 13.3. The van der Waals surface area contributed by atoms with Gasteiger partial charge in [-0.2, -0.15) is 0 Å². The first-order chi connectivity index (χ1) is 12.2. The Labute approximate surface area is 144 Å². The number of hydrogen-bond donors (Lipinski definition) is 1. The van der Waals surface area contributed by atoms with E-state index in [1.807, 2.05) is 42.5 Å². The molecule has 1 aliphatic heterocycles. The average molecular weight is 333 g/mol. The fourth-order valence-electron chi connectivity index (χ4n) is 2.86. The third-order valence-corrected chi connectivity index (χ3v) is 4.02. The van der Waals surface area contributed by atoms with Crippen LogP contribution >= 0.6 is 0 Å². The number of amides is 2. The highest BCUT2D eigenvalue weighted by molar-refractivity contribution is 6.07. The molecule has 1 aliphatic rings. The Morgan fingerprint density at radius 3 is 2.88 bits per heavy atom. The number of aromatic nitrogens is 1. The number of pyridine rings is 1. The highest BCUT2D eigenvalue weighted by Crippen LogP contribution is 2.29. The second-order valence-corrected chi connectivity index (χ2v) is 5.67. The predicted molar refractivity (Wildman–Crippen MR) is 94.7 cm³/mol. The van der Waals surface area contributed by atoms with Crippen molar-refractivity contribution in [3.8, 4) is 5.75 Å². The van der Waals surface area contributed by atoms with E-state index in [0.717, 1.165) is 10.8 Å². The second kappa shape index (κ2) is 6.24. The van der Waals surface area contributed by atoms with Crippen molar-refractivity contribution < 1.29 is 14.3 Å². The first-order valence-corrected chi connectivity index (χ1v) is 7.88. The third-order valence-electron chi connectivity index (χ3n) is 4.02. The molecule has 0 fully saturated rings. The normalized spacial score (nSPS) is 13.3. The number of hydrogen-bond acceptors (Lipinski definition) is 4. The lowest BCUT2D eigenvalue weighted by molar-refractivity contribution is -0.123. The van der Waals surface area contributed by atoms with Gasteiger partial charge in [0, 0.05) is 17.3 Å². The summed E-state index contributed by atoms with van der Waals surface area (Å²) in [5.41, 5.74) is 0.713. The minimum absolute atomic E-state index is 0.0970. The van der Waals surface area contributed by atoms with Crippen LogP contribution in [-0.2, 0) is 9.59 Å². The molecule has 3 aromatic rings. The zero-order chi connectivity index (χ0) is 17.2. The summed E-state index contributed by atoms with van der Waals surface area (Å²) in [6.07, 6.45) is 1.57. The molecule has 1 N–H and O–H groups in total. The molecule has 0 atom stereocenters. The van der Waals surface area contributed by atoms with Crippen molar-refractivity contribution in [1.29, 1.82) is 0 Å². The van der Waals surface area contributed by atoms with Crippen molar-refractivity contribution in [2.45, 2.75) is 0 Å². The highest BCUT2D eigenvalue weighted by Gasteiger charge is 2.28. The summed E-state index contributed by atoms with van der Waals surface area (Å²) < 4.78 is 5.34. The lowest BCUT2D eigenvalue weighted by atomic mass is 10.1. The van der Waals surface area contributed by atoms with Crippen molar-refractivity contribution in [1.82, 2.24) is 4.98 Å². The Balaban J connectivity index is 1.57. The average Bonchev–Trinajstić information content (AvgIpc) is 2.64. The number of fused-ring (bicyclic) bond motifs is 2. The molecule has 0 radical (unpaired) electrons. The van der Waals surface area contributed by atoms with Crippen molar-refractivity contribution in [2.24, 2.45) is 0 Å². The van der Waals surface area contributed by atoms with E-state index in [9.17, 15) is 9.59 Å². The Morgan fingerprint density at radius 1 is 1.12 bits per heavy atom. The summed E-state index contributed by atoms with van der Waals surface area (Å²) in [6, 6.07) is 17.0. The highest BCUT2D eigenvalue weighted by atomic mass is 16.5. The molecular weight excluding hydrogens is 318 g/mol. The Morgan fingerprint density at radius 2 is 1.96 bits per heavy atom. The van der Waals surface area contributed by atoms with Crippen molar-refractivity contribution >= 4 is 34.1 Å². The quantitative estimate of drug-likeness (QED) is 0.800. The van der Waals surface area contributed by atoms with Gasteiger partial charge in [0.15, 0.2) is 18.2 Å². The van der Waals surface area contributed by atoms with Gasteiger partial charge in [0.25, 0.3) is 5.91 Å². The van der Waals surface area contributed by atoms with Crippen LogP contribution in [0, 0.1) is 0 Å². The number of rotatable bonds is 3. The SMILES string of the molecule is O=C(CN1C(=O)COc2cccnc21)Nc1cccc2ccccc12. The van der Waals surface area contributed by atoms with Crippen LogP contribution < -0.4 is 15.0 Å². The number of carbonyl (C=O) groups excluding carboxylic acids is 2. The van der Waals surface area contributed by atoms with Crippen LogP contribution in [0.5, 0.6) is 5.75 Å². The van der Waals surface area contributed by atoms with Crippen LogP contribution in [0.4, 0.5) is 11.5 Å². The third kappa shape index (κ3) is 2.89. The maximum atomic E-state index is 12.5. The van der Waals surface area contributed by atoms with Crippen LogP contribution in [0.2, 0.25) is 0 Å². The van der Waals surface area contributed by atoms with Gasteiger partial charge in [0.1, 0.15) is 6.54 Å². The molecule has 2 aromatic carbocycles. The fourth-order valence-corrected chi connectivity index (χ4v) is 2.86. The van der Waals surface area contributed by atoms with Gasteiger partial charge in [0.05, 0.1) is 0 Å². The standard InChI is InChI=1S/C19H15N3O3/c23-17(21-15-8-3-6-13-5-1-2-7-14(13)15)11-22-18(24)12-25-16-9-4-10-20-19(16)22/h1-10H,11-12H2,(H,21,23). The molecule has 25 heavy (non-hydrogen) atoms. The fraction of sp³-hybridized carbons (Fsp3) is 0.105. The number of carbonyl (C=O) groups is 2. The van der Waals surface area contributed by atoms with Crippen LogP contribution in [0.1, 0.15) is 0 Å². The van der Waals surface area contributed by atoms with Crippen LogP contribution in [0.25, 0.3) is 10.8 Å². The van der Waals surface area contributed by atoms with Crippen LogP contribution in [0.15, 0.2) is 60.8 Å². The van der Waals surface area contributed by atoms with Gasteiger partial charge in [-0.3, -0.25) is 14.5 Å². The van der Waals surface area contributed by atoms with Crippen molar-refractivity contribution in [2.75, 3.05) is 23.4 Å². The van der Waals surface area contributed by atoms with Gasteiger partial charge in [-0.25, -0.2) is 4.98 Å². The molecule has 0 spiro atoms. The summed E-state index contributed by atoms with van der Waals surface area (Å²) >= 11 is 0. The van der Waals surface area contributed by atoms with E-state index in [1.165, 1.54) is 4.90 Å². The van der Waals surface area contributed by atoms with E-state index in [4.69, 9.17) is 4.74 Å². The smallest absolute Gasteiger partial charge is 0.266 e. The van der Waals surface area contributed by atoms with Gasteiger partial charge >= 0.3 is 0 Å². The molecule has 6 nitrogen and oxygen atoms in total. The minimum Gasteiger partial charge on any atom is -0.480 e. The van der Waals surface area contributed by atoms with E-state index in [2.05, 4.69) is 10.3 Å². The molecule has 0 saturated carbocycles. The molecular formula is C19H15N3O3. The van der Waals surface area contributed by atoms with Gasteiger partial charge < -0.3 is 10.1 Å². The minimum atomic E-state index is -0.292. The van der Waals surface area contributed by atoms with Crippen LogP contribution in [-0.4, -0.2) is 29.9 Å². The van der Waals surface area contributed by atoms with E-state index >= 15 is 0 Å². The van der Waals surface area contributed by atoms with E-state index in [-0.39, 0.29) is 25.0 Å². The largest absolute Gasteiger partial charge is 0.480 e. The molecule has 6 heteroatoms. The molecule has 2 amide bonds. The first-order valence-electron chi connectivity index (χ1n) is 7.88. The molecule has 4 rings (SSSR count). The lowest BCUT2D eigenvalue weighted by Gasteiger charge is -2.27. The summed E-state index contributed by atoms with van der Waals surface area (Å²) in [4.78, 5) is 30.2. The number of anilines is 2. The maximum Gasteiger partial charge on any atom is 0.266 e. The monoisotopic (exact) mass is 333 g/mol. The van der Waals surface area contributed by atoms with Crippen molar-refractivity contribution in [3.63, 3.8) is 0 Å². The van der Waals surface area contributed by atoms with Gasteiger partial charge in [-0.1, -0.05) is 36.4 Å². The molecule has 1 aromatic heterocycles. The van der Waals surface area contributed by atoms with Gasteiger partial charge in [-0.15, -0.1) is 0 Å². The lowest BCUT2D eigenvalue weighted by Crippen LogP contribution is -2.43. The van der Waals surface area contributed by atoms with Gasteiger partial charge in [-0.05, 0) is 23.6 Å². The van der Waals surface area contributed by atoms with E-state index in [1.54, 1.807) is 18.3 Å². The summed E-state index contributed by atoms with van der Waals surface area (Å²) in [6.45, 7) is -0.213. The van der Waals surface area contributed by atoms with E-state index in [0.29, 0.717) is 17.3 Å². The Kier molecular flexibility index (Phi) is 3.78. The number of benzene rings is 2. The predicted octanol–water partition coefficient (Wildman–Crippen LogP) is 2.60. The van der Waals surface area contributed by atoms with Crippen LogP contribution in [0.3, 0.4) is 0 Å². The molecule has 0 saturated heterocycles. The molecule has 0 aliphatic carbocycles. The zero-order valence-electron chi connectivity index (χ0n) is 13.3. The van der Waals surface area contributed by atoms with Gasteiger partial charge in [0.2, 0.25) is 5.91 Å². The molecule has 124 valence electrons. The summed E-state index contributed by atoms with van der Waals surface area (Å²) in [5, 5.41) is 4.87. The molecule has 2 heterocycles. The maximum absolute atomic E-state index is 12.5. The summed E-state index contributed by atoms with van der Waals surface area (Å²) in [7, 11) is 0. The molecule has 0 unspecified atom stereocenters. The topological polar surface area (TPSA) is 71.5 Å².